The molecule has 2 aromatic rings. The number of para-hydroxylation sites is 1. The molecule has 5 nitrogen and oxygen atoms in total. The van der Waals surface area contributed by atoms with Gasteiger partial charge in [-0.05, 0) is 24.3 Å². The van der Waals surface area contributed by atoms with Crippen LogP contribution < -0.4 is 10.2 Å². The molecule has 0 atom stereocenters. The summed E-state index contributed by atoms with van der Waals surface area (Å²) < 4.78 is 0. The molecule has 20 heavy (non-hydrogen) atoms. The summed E-state index contributed by atoms with van der Waals surface area (Å²) in [6.07, 6.45) is 0. The lowest BCUT2D eigenvalue weighted by Gasteiger charge is -2.13. The fourth-order valence-electron chi connectivity index (χ4n) is 1.91. The molecule has 0 saturated heterocycles. The van der Waals surface area contributed by atoms with E-state index in [0.29, 0.717) is 12.1 Å². The second-order valence-corrected chi connectivity index (χ2v) is 4.68. The normalized spacial score (nSPS) is 10.1. The minimum Gasteiger partial charge on any atom is -0.381 e. The monoisotopic (exact) mass is 271 g/mol. The molecular formula is C15H17N3O2. The quantitative estimate of drug-likeness (QED) is 0.669. The van der Waals surface area contributed by atoms with Crippen molar-refractivity contribution in [3.8, 4) is 0 Å². The van der Waals surface area contributed by atoms with Gasteiger partial charge in [-0.25, -0.2) is 0 Å². The van der Waals surface area contributed by atoms with Gasteiger partial charge in [0.25, 0.3) is 5.69 Å². The Labute approximate surface area is 118 Å². The topological polar surface area (TPSA) is 58.4 Å². The standard InChI is InChI=1S/C15H17N3O2/c1-17(2)14-9-7-13(8-10-14)16-11-12-5-3-4-6-15(12)18(19)20/h3-10,16H,11H2,1-2H3. The number of nitrogens with one attached hydrogen (secondary N) is 1. The molecule has 0 spiro atoms. The van der Waals surface area contributed by atoms with Crippen LogP contribution in [0.3, 0.4) is 0 Å². The smallest absolute Gasteiger partial charge is 0.274 e. The van der Waals surface area contributed by atoms with Crippen molar-refractivity contribution in [1.82, 2.24) is 0 Å². The number of nitro groups is 1. The van der Waals surface area contributed by atoms with Crippen molar-refractivity contribution in [2.24, 2.45) is 0 Å². The fourth-order valence-corrected chi connectivity index (χ4v) is 1.91. The molecule has 0 fully saturated rings. The van der Waals surface area contributed by atoms with E-state index in [1.165, 1.54) is 6.07 Å². The summed E-state index contributed by atoms with van der Waals surface area (Å²) >= 11 is 0. The average molecular weight is 271 g/mol. The Balaban J connectivity index is 2.07. The molecule has 0 unspecified atom stereocenters. The highest BCUT2D eigenvalue weighted by molar-refractivity contribution is 5.55. The van der Waals surface area contributed by atoms with Crippen LogP contribution in [0.25, 0.3) is 0 Å². The average Bonchev–Trinajstić information content (AvgIpc) is 2.45. The number of nitro benzene ring substituents is 1. The summed E-state index contributed by atoms with van der Waals surface area (Å²) in [6.45, 7) is 0.429. The molecule has 2 rings (SSSR count). The van der Waals surface area contributed by atoms with Gasteiger partial charge in [-0.1, -0.05) is 18.2 Å². The molecule has 5 heteroatoms. The van der Waals surface area contributed by atoms with Crippen molar-refractivity contribution in [3.63, 3.8) is 0 Å². The van der Waals surface area contributed by atoms with Crippen LogP contribution >= 0.6 is 0 Å². The maximum Gasteiger partial charge on any atom is 0.274 e. The van der Waals surface area contributed by atoms with E-state index in [2.05, 4.69) is 5.32 Å². The van der Waals surface area contributed by atoms with Crippen LogP contribution in [0.5, 0.6) is 0 Å². The van der Waals surface area contributed by atoms with Gasteiger partial charge in [0.05, 0.1) is 4.92 Å². The minimum absolute atomic E-state index is 0.143. The Morgan fingerprint density at radius 1 is 1.10 bits per heavy atom. The number of benzene rings is 2. The second kappa shape index (κ2) is 6.06. The summed E-state index contributed by atoms with van der Waals surface area (Å²) in [5.74, 6) is 0. The van der Waals surface area contributed by atoms with Gasteiger partial charge in [-0.15, -0.1) is 0 Å². The lowest BCUT2D eigenvalue weighted by atomic mass is 10.1. The molecule has 0 aliphatic rings. The Hall–Kier alpha value is -2.56. The number of rotatable bonds is 5. The van der Waals surface area contributed by atoms with Crippen LogP contribution in [0.1, 0.15) is 5.56 Å². The number of hydrogen-bond acceptors (Lipinski definition) is 4. The molecule has 0 aliphatic heterocycles. The van der Waals surface area contributed by atoms with Crippen molar-refractivity contribution in [1.29, 1.82) is 0 Å². The maximum atomic E-state index is 10.9. The van der Waals surface area contributed by atoms with E-state index in [4.69, 9.17) is 0 Å². The zero-order valence-electron chi connectivity index (χ0n) is 11.5. The van der Waals surface area contributed by atoms with E-state index < -0.39 is 0 Å². The molecule has 0 bridgehead atoms. The van der Waals surface area contributed by atoms with Gasteiger partial charge in [0.1, 0.15) is 0 Å². The van der Waals surface area contributed by atoms with E-state index in [1.807, 2.05) is 43.3 Å². The zero-order valence-corrected chi connectivity index (χ0v) is 11.5. The van der Waals surface area contributed by atoms with E-state index in [0.717, 1.165) is 11.4 Å². The molecule has 0 saturated carbocycles. The number of hydrogen-bond donors (Lipinski definition) is 1. The van der Waals surface area contributed by atoms with E-state index in [1.54, 1.807) is 18.2 Å². The predicted molar refractivity (Wildman–Crippen MR) is 81.2 cm³/mol. The first kappa shape index (κ1) is 13.9. The van der Waals surface area contributed by atoms with Crippen molar-refractivity contribution >= 4 is 17.1 Å². The first-order chi connectivity index (χ1) is 9.58. The molecule has 0 aliphatic carbocycles. The Morgan fingerprint density at radius 2 is 1.75 bits per heavy atom. The van der Waals surface area contributed by atoms with Crippen LogP contribution in [0.2, 0.25) is 0 Å². The molecule has 0 amide bonds. The minimum atomic E-state index is -0.355. The SMILES string of the molecule is CN(C)c1ccc(NCc2ccccc2[N+](=O)[O-])cc1. The lowest BCUT2D eigenvalue weighted by Crippen LogP contribution is -2.08. The summed E-state index contributed by atoms with van der Waals surface area (Å²) in [5, 5.41) is 14.1. The Morgan fingerprint density at radius 3 is 2.35 bits per heavy atom. The van der Waals surface area contributed by atoms with Crippen molar-refractivity contribution in [2.75, 3.05) is 24.3 Å². The van der Waals surface area contributed by atoms with Crippen molar-refractivity contribution in [2.45, 2.75) is 6.54 Å². The highest BCUT2D eigenvalue weighted by atomic mass is 16.6. The first-order valence-corrected chi connectivity index (χ1v) is 6.31. The second-order valence-electron chi connectivity index (χ2n) is 4.68. The third kappa shape index (κ3) is 3.26. The molecule has 0 heterocycles. The lowest BCUT2D eigenvalue weighted by molar-refractivity contribution is -0.385. The Kier molecular flexibility index (Phi) is 4.20. The Bertz CT molecular complexity index is 594. The summed E-state index contributed by atoms with van der Waals surface area (Å²) in [7, 11) is 3.96. The molecule has 104 valence electrons. The van der Waals surface area contributed by atoms with Crippen molar-refractivity contribution < 1.29 is 4.92 Å². The van der Waals surface area contributed by atoms with Crippen LogP contribution in [-0.2, 0) is 6.54 Å². The fraction of sp³-hybridized carbons (Fsp3) is 0.200. The predicted octanol–water partition coefficient (Wildman–Crippen LogP) is 3.27. The van der Waals surface area contributed by atoms with Crippen LogP contribution in [0.4, 0.5) is 17.1 Å². The first-order valence-electron chi connectivity index (χ1n) is 6.31. The van der Waals surface area contributed by atoms with E-state index >= 15 is 0 Å². The van der Waals surface area contributed by atoms with Crippen LogP contribution in [0.15, 0.2) is 48.5 Å². The third-order valence-corrected chi connectivity index (χ3v) is 3.05. The molecule has 0 radical (unpaired) electrons. The number of anilines is 2. The number of nitrogens with zero attached hydrogens (tertiary/aromatic N) is 2. The van der Waals surface area contributed by atoms with Crippen LogP contribution in [0, 0.1) is 10.1 Å². The van der Waals surface area contributed by atoms with E-state index in [-0.39, 0.29) is 10.6 Å². The van der Waals surface area contributed by atoms with Gasteiger partial charge in [0, 0.05) is 43.6 Å². The van der Waals surface area contributed by atoms with E-state index in [9.17, 15) is 10.1 Å². The highest BCUT2D eigenvalue weighted by Crippen LogP contribution is 2.20. The summed E-state index contributed by atoms with van der Waals surface area (Å²) in [6, 6.07) is 14.7. The van der Waals surface area contributed by atoms with Crippen molar-refractivity contribution in [3.05, 3.63) is 64.2 Å². The largest absolute Gasteiger partial charge is 0.381 e. The summed E-state index contributed by atoms with van der Waals surface area (Å²) in [4.78, 5) is 12.6. The molecule has 2 aromatic carbocycles. The van der Waals surface area contributed by atoms with Gasteiger partial charge >= 0.3 is 0 Å². The van der Waals surface area contributed by atoms with Gasteiger partial charge in [0.2, 0.25) is 0 Å². The highest BCUT2D eigenvalue weighted by Gasteiger charge is 2.11. The molecule has 0 aromatic heterocycles. The zero-order chi connectivity index (χ0) is 14.5. The van der Waals surface area contributed by atoms with Gasteiger partial charge in [-0.2, -0.15) is 0 Å². The van der Waals surface area contributed by atoms with Gasteiger partial charge < -0.3 is 10.2 Å². The summed E-state index contributed by atoms with van der Waals surface area (Å²) in [5.41, 5.74) is 2.87. The van der Waals surface area contributed by atoms with Gasteiger partial charge in [-0.3, -0.25) is 10.1 Å². The third-order valence-electron chi connectivity index (χ3n) is 3.05. The van der Waals surface area contributed by atoms with Crippen LogP contribution in [-0.4, -0.2) is 19.0 Å². The van der Waals surface area contributed by atoms with Gasteiger partial charge in [0.15, 0.2) is 0 Å². The maximum absolute atomic E-state index is 10.9. The molecule has 1 N–H and O–H groups in total. The molecular weight excluding hydrogens is 254 g/mol.